The van der Waals surface area contributed by atoms with Crippen molar-refractivity contribution in [2.75, 3.05) is 32.7 Å². The van der Waals surface area contributed by atoms with Gasteiger partial charge in [-0.15, -0.1) is 0 Å². The Balaban J connectivity index is 1.44. The number of esters is 1. The van der Waals surface area contributed by atoms with E-state index < -0.39 is 5.41 Å². The third-order valence-corrected chi connectivity index (χ3v) is 6.58. The number of rotatable bonds is 9. The summed E-state index contributed by atoms with van der Waals surface area (Å²) in [5.41, 5.74) is 4.66. The summed E-state index contributed by atoms with van der Waals surface area (Å²) in [4.78, 5) is 23.3. The van der Waals surface area contributed by atoms with E-state index in [4.69, 9.17) is 18.9 Å². The Bertz CT molecular complexity index is 1260. The van der Waals surface area contributed by atoms with Gasteiger partial charge in [-0.25, -0.2) is 9.97 Å². The van der Waals surface area contributed by atoms with Gasteiger partial charge in [0.25, 0.3) is 0 Å². The molecule has 0 N–H and O–H groups in total. The third kappa shape index (κ3) is 5.45. The summed E-state index contributed by atoms with van der Waals surface area (Å²) < 4.78 is 17.2. The van der Waals surface area contributed by atoms with Crippen molar-refractivity contribution >= 4 is 17.4 Å². The number of hydrogen-bond donors (Lipinski definition) is 0. The quantitative estimate of drug-likeness (QED) is 0.359. The summed E-state index contributed by atoms with van der Waals surface area (Å²) in [6.07, 6.45) is 7.12. The highest BCUT2D eigenvalue weighted by atomic mass is 16.5. The first-order valence-electron chi connectivity index (χ1n) is 12.3. The first-order chi connectivity index (χ1) is 17.2. The zero-order chi connectivity index (χ0) is 25.9. The van der Waals surface area contributed by atoms with E-state index in [1.165, 1.54) is 18.2 Å². The number of allylic oxidation sites excluding steroid dienone is 2. The van der Waals surface area contributed by atoms with E-state index in [0.29, 0.717) is 25.3 Å². The minimum Gasteiger partial charge on any atom is -0.493 e. The monoisotopic (exact) mass is 489 g/mol. The fourth-order valence-corrected chi connectivity index (χ4v) is 4.57. The lowest BCUT2D eigenvalue weighted by molar-refractivity contribution is -0.150. The van der Waals surface area contributed by atoms with Gasteiger partial charge < -0.3 is 18.8 Å². The highest BCUT2D eigenvalue weighted by Gasteiger charge is 2.31. The molecule has 0 amide bonds. The minimum absolute atomic E-state index is 0.199. The van der Waals surface area contributed by atoms with Crippen LogP contribution in [-0.2, 0) is 22.4 Å². The van der Waals surface area contributed by atoms with Crippen molar-refractivity contribution in [2.24, 2.45) is 5.41 Å². The van der Waals surface area contributed by atoms with Gasteiger partial charge in [-0.05, 0) is 69.4 Å². The van der Waals surface area contributed by atoms with E-state index in [1.54, 1.807) is 6.20 Å². The Morgan fingerprint density at radius 3 is 2.69 bits per heavy atom. The van der Waals surface area contributed by atoms with Crippen LogP contribution in [0.5, 0.6) is 5.75 Å². The SMILES string of the molecule is COC(=O)C(C)(C)CC1=CCCc2c(OCCc3nc(-c4ccc(N(C)C)nc4)oc3C)cccc21. The summed E-state index contributed by atoms with van der Waals surface area (Å²) in [5, 5.41) is 0. The van der Waals surface area contributed by atoms with E-state index in [-0.39, 0.29) is 5.97 Å². The van der Waals surface area contributed by atoms with Gasteiger partial charge in [0.2, 0.25) is 5.89 Å². The Labute approximate surface area is 213 Å². The van der Waals surface area contributed by atoms with Crippen LogP contribution in [0.4, 0.5) is 5.82 Å². The van der Waals surface area contributed by atoms with Gasteiger partial charge in [0.1, 0.15) is 17.3 Å². The van der Waals surface area contributed by atoms with Crippen molar-refractivity contribution in [2.45, 2.75) is 46.5 Å². The number of nitrogens with zero attached hydrogens (tertiary/aromatic N) is 3. The largest absolute Gasteiger partial charge is 0.493 e. The van der Waals surface area contributed by atoms with Crippen LogP contribution in [0.3, 0.4) is 0 Å². The van der Waals surface area contributed by atoms with Crippen LogP contribution in [0.2, 0.25) is 0 Å². The van der Waals surface area contributed by atoms with E-state index in [2.05, 4.69) is 17.1 Å². The van der Waals surface area contributed by atoms with Gasteiger partial charge >= 0.3 is 5.97 Å². The van der Waals surface area contributed by atoms with Gasteiger partial charge in [-0.2, -0.15) is 0 Å². The molecule has 0 spiro atoms. The molecule has 2 aromatic heterocycles. The molecule has 4 rings (SSSR count). The van der Waals surface area contributed by atoms with E-state index in [0.717, 1.165) is 47.0 Å². The Morgan fingerprint density at radius 1 is 1.19 bits per heavy atom. The zero-order valence-corrected chi connectivity index (χ0v) is 22.1. The number of pyridine rings is 1. The van der Waals surface area contributed by atoms with Gasteiger partial charge in [-0.3, -0.25) is 4.79 Å². The lowest BCUT2D eigenvalue weighted by Gasteiger charge is -2.27. The maximum atomic E-state index is 12.2. The van der Waals surface area contributed by atoms with Gasteiger partial charge in [0.05, 0.1) is 30.4 Å². The lowest BCUT2D eigenvalue weighted by atomic mass is 9.79. The predicted molar refractivity (Wildman–Crippen MR) is 141 cm³/mol. The van der Waals surface area contributed by atoms with E-state index in [1.807, 2.05) is 64.0 Å². The molecule has 2 heterocycles. The average molecular weight is 490 g/mol. The maximum Gasteiger partial charge on any atom is 0.311 e. The van der Waals surface area contributed by atoms with Crippen molar-refractivity contribution in [3.8, 4) is 17.2 Å². The molecule has 0 bridgehead atoms. The van der Waals surface area contributed by atoms with Crippen LogP contribution in [0.1, 0.15) is 49.3 Å². The molecule has 3 aromatic rings. The molecule has 0 radical (unpaired) electrons. The normalized spacial score (nSPS) is 13.1. The molecule has 1 aliphatic rings. The Morgan fingerprint density at radius 2 is 2.00 bits per heavy atom. The highest BCUT2D eigenvalue weighted by Crippen LogP contribution is 2.39. The van der Waals surface area contributed by atoms with Crippen LogP contribution in [0.15, 0.2) is 47.0 Å². The molecule has 7 nitrogen and oxygen atoms in total. The number of oxazole rings is 1. The molecule has 0 fully saturated rings. The fourth-order valence-electron chi connectivity index (χ4n) is 4.57. The summed E-state index contributed by atoms with van der Waals surface area (Å²) in [7, 11) is 5.36. The van der Waals surface area contributed by atoms with E-state index >= 15 is 0 Å². The fraction of sp³-hybridized carbons (Fsp3) is 0.414. The third-order valence-electron chi connectivity index (χ3n) is 6.58. The molecule has 1 aliphatic carbocycles. The van der Waals surface area contributed by atoms with E-state index in [9.17, 15) is 4.79 Å². The molecular weight excluding hydrogens is 454 g/mol. The van der Waals surface area contributed by atoms with Gasteiger partial charge in [0, 0.05) is 32.3 Å². The molecule has 1 aromatic carbocycles. The number of hydrogen-bond acceptors (Lipinski definition) is 7. The first kappa shape index (κ1) is 25.5. The second-order valence-corrected chi connectivity index (χ2v) is 10.0. The smallest absolute Gasteiger partial charge is 0.311 e. The molecule has 190 valence electrons. The maximum absolute atomic E-state index is 12.2. The summed E-state index contributed by atoms with van der Waals surface area (Å²) in [5.74, 6) is 2.93. The standard InChI is InChI=1S/C29H35N3O4/c1-19-24(31-27(36-19)21-13-14-26(30-18-21)32(4)5)15-16-35-25-12-8-10-22-20(9-7-11-23(22)25)17-29(2,3)28(33)34-6/h8-10,12-14,18H,7,11,15-17H2,1-6H3. The van der Waals surface area contributed by atoms with Crippen molar-refractivity contribution in [1.29, 1.82) is 0 Å². The lowest BCUT2D eigenvalue weighted by Crippen LogP contribution is -2.26. The number of benzene rings is 1. The van der Waals surface area contributed by atoms with Crippen LogP contribution < -0.4 is 9.64 Å². The number of fused-ring (bicyclic) bond motifs is 1. The van der Waals surface area contributed by atoms with Crippen LogP contribution in [0.25, 0.3) is 17.0 Å². The number of aromatic nitrogens is 2. The number of methoxy groups -OCH3 is 1. The summed E-state index contributed by atoms with van der Waals surface area (Å²) in [6, 6.07) is 10.1. The molecule has 0 aliphatic heterocycles. The molecule has 36 heavy (non-hydrogen) atoms. The second-order valence-electron chi connectivity index (χ2n) is 10.0. The molecule has 0 saturated heterocycles. The van der Waals surface area contributed by atoms with Crippen molar-refractivity contribution in [3.63, 3.8) is 0 Å². The number of carbonyl (C=O) groups excluding carboxylic acids is 1. The van der Waals surface area contributed by atoms with Gasteiger partial charge in [0.15, 0.2) is 0 Å². The number of carbonyl (C=O) groups is 1. The van der Waals surface area contributed by atoms with Crippen LogP contribution in [0, 0.1) is 12.3 Å². The average Bonchev–Trinajstić information content (AvgIpc) is 3.24. The van der Waals surface area contributed by atoms with Crippen LogP contribution in [-0.4, -0.2) is 43.7 Å². The topological polar surface area (TPSA) is 77.7 Å². The molecular formula is C29H35N3O4. The number of anilines is 1. The Hall–Kier alpha value is -3.61. The minimum atomic E-state index is -0.587. The van der Waals surface area contributed by atoms with Crippen molar-refractivity contribution in [3.05, 3.63) is 65.2 Å². The summed E-state index contributed by atoms with van der Waals surface area (Å²) in [6.45, 7) is 6.27. The van der Waals surface area contributed by atoms with Crippen molar-refractivity contribution in [1.82, 2.24) is 9.97 Å². The molecule has 0 unspecified atom stereocenters. The number of ether oxygens (including phenoxy) is 2. The predicted octanol–water partition coefficient (Wildman–Crippen LogP) is 5.65. The Kier molecular flexibility index (Phi) is 7.48. The van der Waals surface area contributed by atoms with Gasteiger partial charge in [-0.1, -0.05) is 18.2 Å². The number of aryl methyl sites for hydroxylation is 1. The van der Waals surface area contributed by atoms with Crippen LogP contribution >= 0.6 is 0 Å². The molecule has 0 saturated carbocycles. The highest BCUT2D eigenvalue weighted by molar-refractivity contribution is 5.81. The summed E-state index contributed by atoms with van der Waals surface area (Å²) >= 11 is 0. The molecule has 7 heteroatoms. The zero-order valence-electron chi connectivity index (χ0n) is 22.1. The van der Waals surface area contributed by atoms with Crippen molar-refractivity contribution < 1.29 is 18.7 Å². The second kappa shape index (κ2) is 10.6. The molecule has 0 atom stereocenters. The first-order valence-corrected chi connectivity index (χ1v) is 12.3.